The molecule has 2 heterocycles. The molecule has 1 aromatic heterocycles. The average Bonchev–Trinajstić information content (AvgIpc) is 3.07. The summed E-state index contributed by atoms with van der Waals surface area (Å²) in [4.78, 5) is 10.3. The normalized spacial score (nSPS) is 13.0. The van der Waals surface area contributed by atoms with Crippen molar-refractivity contribution in [3.05, 3.63) is 71.8 Å². The summed E-state index contributed by atoms with van der Waals surface area (Å²) in [6.45, 7) is 0.773. The molecule has 0 spiro atoms. The van der Waals surface area contributed by atoms with Gasteiger partial charge in [-0.05, 0) is 30.2 Å². The maximum atomic E-state index is 13.8. The molecule has 25 heavy (non-hydrogen) atoms. The molecule has 0 bridgehead atoms. The van der Waals surface area contributed by atoms with E-state index in [0.29, 0.717) is 11.6 Å². The van der Waals surface area contributed by atoms with Gasteiger partial charge in [-0.15, -0.1) is 0 Å². The van der Waals surface area contributed by atoms with Crippen molar-refractivity contribution in [1.29, 1.82) is 0 Å². The quantitative estimate of drug-likeness (QED) is 0.719. The van der Waals surface area contributed by atoms with Gasteiger partial charge in [-0.3, -0.25) is 0 Å². The summed E-state index contributed by atoms with van der Waals surface area (Å²) in [5.41, 5.74) is 2.10. The van der Waals surface area contributed by atoms with Crippen LogP contribution in [0.25, 0.3) is 0 Å². The summed E-state index contributed by atoms with van der Waals surface area (Å²) in [6, 6.07) is 11.6. The smallest absolute Gasteiger partial charge is 0.196 e. The van der Waals surface area contributed by atoms with E-state index in [0.717, 1.165) is 30.8 Å². The van der Waals surface area contributed by atoms with Gasteiger partial charge in [0.25, 0.3) is 0 Å². The van der Waals surface area contributed by atoms with Crippen molar-refractivity contribution in [2.24, 2.45) is 0 Å². The van der Waals surface area contributed by atoms with Gasteiger partial charge in [0.2, 0.25) is 0 Å². The van der Waals surface area contributed by atoms with Crippen molar-refractivity contribution in [1.82, 2.24) is 9.97 Å². The predicted octanol–water partition coefficient (Wildman–Crippen LogP) is 4.33. The van der Waals surface area contributed by atoms with Crippen molar-refractivity contribution in [3.8, 4) is 0 Å². The zero-order chi connectivity index (χ0) is 17.4. The lowest BCUT2D eigenvalue weighted by atomic mass is 10.2. The molecule has 2 aromatic carbocycles. The lowest BCUT2D eigenvalue weighted by Crippen LogP contribution is -2.15. The van der Waals surface area contributed by atoms with E-state index >= 15 is 0 Å². The minimum atomic E-state index is -1.52. The third-order valence-electron chi connectivity index (χ3n) is 4.11. The molecule has 0 atom stereocenters. The highest BCUT2D eigenvalue weighted by Crippen LogP contribution is 2.34. The molecule has 0 fully saturated rings. The summed E-state index contributed by atoms with van der Waals surface area (Å²) in [6.07, 6.45) is 2.25. The lowest BCUT2D eigenvalue weighted by molar-refractivity contribution is 0.449. The third kappa shape index (κ3) is 2.77. The molecule has 1 N–H and O–H groups in total. The fourth-order valence-corrected chi connectivity index (χ4v) is 2.90. The molecule has 7 heteroatoms. The number of hydrogen-bond acceptors (Lipinski definition) is 4. The number of nitrogens with zero attached hydrogens (tertiary/aromatic N) is 3. The third-order valence-corrected chi connectivity index (χ3v) is 4.11. The van der Waals surface area contributed by atoms with Crippen LogP contribution < -0.4 is 10.2 Å². The summed E-state index contributed by atoms with van der Waals surface area (Å²) < 4.78 is 40.2. The summed E-state index contributed by atoms with van der Waals surface area (Å²) in [7, 11) is 0. The lowest BCUT2D eigenvalue weighted by Gasteiger charge is -2.18. The number of fused-ring (bicyclic) bond motifs is 1. The molecule has 0 aliphatic carbocycles. The molecule has 1 aliphatic heterocycles. The highest BCUT2D eigenvalue weighted by Gasteiger charge is 2.21. The van der Waals surface area contributed by atoms with Crippen LogP contribution in [0.4, 0.5) is 36.2 Å². The van der Waals surface area contributed by atoms with Crippen LogP contribution in [-0.4, -0.2) is 16.5 Å². The van der Waals surface area contributed by atoms with Crippen LogP contribution in [0.2, 0.25) is 0 Å². The van der Waals surface area contributed by atoms with Crippen LogP contribution in [-0.2, 0) is 6.42 Å². The Morgan fingerprint density at radius 1 is 0.960 bits per heavy atom. The van der Waals surface area contributed by atoms with Crippen molar-refractivity contribution in [2.45, 2.75) is 6.42 Å². The second-order valence-corrected chi connectivity index (χ2v) is 5.64. The molecule has 4 rings (SSSR count). The van der Waals surface area contributed by atoms with Gasteiger partial charge in [-0.1, -0.05) is 18.2 Å². The molecule has 0 unspecified atom stereocenters. The van der Waals surface area contributed by atoms with Crippen LogP contribution in [0, 0.1) is 17.5 Å². The number of anilines is 4. The number of aromatic nitrogens is 2. The van der Waals surface area contributed by atoms with E-state index in [1.807, 2.05) is 23.1 Å². The van der Waals surface area contributed by atoms with Crippen molar-refractivity contribution < 1.29 is 13.2 Å². The number of rotatable bonds is 3. The van der Waals surface area contributed by atoms with Crippen LogP contribution in [0.3, 0.4) is 0 Å². The van der Waals surface area contributed by atoms with Crippen LogP contribution in [0.5, 0.6) is 0 Å². The maximum Gasteiger partial charge on any atom is 0.196 e. The fraction of sp³-hybridized carbons (Fsp3) is 0.111. The molecular weight excluding hydrogens is 329 g/mol. The van der Waals surface area contributed by atoms with Crippen molar-refractivity contribution in [3.63, 3.8) is 0 Å². The minimum Gasteiger partial charge on any atom is -0.338 e. The molecule has 0 saturated heterocycles. The number of benzene rings is 2. The predicted molar refractivity (Wildman–Crippen MR) is 88.8 cm³/mol. The van der Waals surface area contributed by atoms with E-state index in [1.165, 1.54) is 11.9 Å². The van der Waals surface area contributed by atoms with Gasteiger partial charge in [0.05, 0.1) is 5.69 Å². The standard InChI is InChI=1S/C18H13F3N4/c19-12-5-6-13(18(21)17(12)20)24-15-9-16(23-10-22-15)25-8-7-11-3-1-2-4-14(11)25/h1-6,9-10H,7-8H2,(H,22,23,24). The van der Waals surface area contributed by atoms with E-state index < -0.39 is 17.5 Å². The second-order valence-electron chi connectivity index (χ2n) is 5.64. The van der Waals surface area contributed by atoms with E-state index in [9.17, 15) is 13.2 Å². The Morgan fingerprint density at radius 3 is 2.68 bits per heavy atom. The molecule has 0 radical (unpaired) electrons. The molecular formula is C18H13F3N4. The van der Waals surface area contributed by atoms with E-state index in [1.54, 1.807) is 6.07 Å². The average molecular weight is 342 g/mol. The highest BCUT2D eigenvalue weighted by atomic mass is 19.2. The van der Waals surface area contributed by atoms with E-state index in [2.05, 4.69) is 21.4 Å². The topological polar surface area (TPSA) is 41.0 Å². The Morgan fingerprint density at radius 2 is 1.80 bits per heavy atom. The van der Waals surface area contributed by atoms with Gasteiger partial charge in [-0.2, -0.15) is 0 Å². The van der Waals surface area contributed by atoms with Gasteiger partial charge >= 0.3 is 0 Å². The number of nitrogens with one attached hydrogen (secondary N) is 1. The largest absolute Gasteiger partial charge is 0.338 e. The Labute approximate surface area is 142 Å². The van der Waals surface area contributed by atoms with Gasteiger partial charge in [-0.25, -0.2) is 23.1 Å². The van der Waals surface area contributed by atoms with Gasteiger partial charge < -0.3 is 10.2 Å². The van der Waals surface area contributed by atoms with Crippen molar-refractivity contribution in [2.75, 3.05) is 16.8 Å². The van der Waals surface area contributed by atoms with E-state index in [-0.39, 0.29) is 5.69 Å². The number of halogens is 3. The van der Waals surface area contributed by atoms with Crippen LogP contribution in [0.1, 0.15) is 5.56 Å². The molecule has 0 saturated carbocycles. The SMILES string of the molecule is Fc1ccc(Nc2cc(N3CCc4ccccc43)ncn2)c(F)c1F. The van der Waals surface area contributed by atoms with Gasteiger partial charge in [0, 0.05) is 18.3 Å². The zero-order valence-corrected chi connectivity index (χ0v) is 13.0. The molecule has 126 valence electrons. The first-order valence-corrected chi connectivity index (χ1v) is 7.71. The minimum absolute atomic E-state index is 0.189. The van der Waals surface area contributed by atoms with Crippen LogP contribution >= 0.6 is 0 Å². The van der Waals surface area contributed by atoms with Gasteiger partial charge in [0.1, 0.15) is 18.0 Å². The number of hydrogen-bond donors (Lipinski definition) is 1. The molecule has 4 nitrogen and oxygen atoms in total. The fourth-order valence-electron chi connectivity index (χ4n) is 2.90. The molecule has 1 aliphatic rings. The summed E-state index contributed by atoms with van der Waals surface area (Å²) in [5, 5.41) is 2.67. The first kappa shape index (κ1) is 15.4. The first-order chi connectivity index (χ1) is 12.1. The first-order valence-electron chi connectivity index (χ1n) is 7.71. The number of para-hydroxylation sites is 1. The van der Waals surface area contributed by atoms with Crippen LogP contribution in [0.15, 0.2) is 48.8 Å². The Bertz CT molecular complexity index is 945. The monoisotopic (exact) mass is 342 g/mol. The molecule has 0 amide bonds. The second kappa shape index (κ2) is 6.08. The van der Waals surface area contributed by atoms with Crippen molar-refractivity contribution >= 4 is 23.0 Å². The van der Waals surface area contributed by atoms with E-state index in [4.69, 9.17) is 0 Å². The molecule has 3 aromatic rings. The summed E-state index contributed by atoms with van der Waals surface area (Å²) >= 11 is 0. The Kier molecular flexibility index (Phi) is 3.76. The summed E-state index contributed by atoms with van der Waals surface area (Å²) in [5.74, 6) is -3.11. The van der Waals surface area contributed by atoms with Gasteiger partial charge in [0.15, 0.2) is 17.5 Å². The zero-order valence-electron chi connectivity index (χ0n) is 13.0. The maximum absolute atomic E-state index is 13.8. The highest BCUT2D eigenvalue weighted by molar-refractivity contribution is 5.69. The Balaban J connectivity index is 1.64. The Hall–Kier alpha value is -3.09.